The van der Waals surface area contributed by atoms with Crippen LogP contribution in [0, 0.1) is 0 Å². The average molecular weight is 329 g/mol. The van der Waals surface area contributed by atoms with Gasteiger partial charge in [-0.15, -0.1) is 0 Å². The third-order valence-corrected chi connectivity index (χ3v) is 3.67. The summed E-state index contributed by atoms with van der Waals surface area (Å²) in [7, 11) is 0. The summed E-state index contributed by atoms with van der Waals surface area (Å²) >= 11 is 0. The van der Waals surface area contributed by atoms with Crippen molar-refractivity contribution < 1.29 is 23.4 Å². The first kappa shape index (κ1) is 17.2. The number of aliphatic hydroxyl groups excluding tert-OH is 1. The number of ketones is 1. The van der Waals surface area contributed by atoms with Crippen LogP contribution in [0.4, 0.5) is 14.6 Å². The summed E-state index contributed by atoms with van der Waals surface area (Å²) in [5.74, 6) is -0.418. The van der Waals surface area contributed by atoms with Crippen molar-refractivity contribution in [2.75, 3.05) is 12.3 Å². The molecule has 23 heavy (non-hydrogen) atoms. The van der Waals surface area contributed by atoms with Gasteiger partial charge in [-0.25, -0.2) is 13.6 Å². The monoisotopic (exact) mass is 329 g/mol. The minimum Gasteiger partial charge on any atom is -0.394 e. The summed E-state index contributed by atoms with van der Waals surface area (Å²) < 4.78 is 34.5. The summed E-state index contributed by atoms with van der Waals surface area (Å²) in [4.78, 5) is 26.4. The third-order valence-electron chi connectivity index (χ3n) is 3.67. The third kappa shape index (κ3) is 3.15. The first-order valence-corrected chi connectivity index (χ1v) is 6.85. The van der Waals surface area contributed by atoms with Crippen LogP contribution in [-0.4, -0.2) is 45.0 Å². The van der Waals surface area contributed by atoms with Crippen LogP contribution in [0.3, 0.4) is 0 Å². The van der Waals surface area contributed by atoms with Crippen molar-refractivity contribution in [3.8, 4) is 0 Å². The molecule has 4 unspecified atom stereocenters. The van der Waals surface area contributed by atoms with Gasteiger partial charge in [0.2, 0.25) is 0 Å². The molecule has 2 rings (SSSR count). The summed E-state index contributed by atoms with van der Waals surface area (Å²) in [6.45, 7) is 1.53. The Morgan fingerprint density at radius 3 is 2.83 bits per heavy atom. The Bertz CT molecular complexity index is 702. The highest BCUT2D eigenvalue weighted by molar-refractivity contribution is 5.92. The maximum atomic E-state index is 14.3. The number of allylic oxidation sites excluding steroid dienone is 1. The van der Waals surface area contributed by atoms with Gasteiger partial charge in [-0.2, -0.15) is 4.98 Å². The van der Waals surface area contributed by atoms with E-state index in [0.29, 0.717) is 0 Å². The van der Waals surface area contributed by atoms with Gasteiger partial charge in [0.1, 0.15) is 11.9 Å². The number of aromatic nitrogens is 2. The first-order valence-electron chi connectivity index (χ1n) is 6.85. The van der Waals surface area contributed by atoms with Crippen LogP contribution < -0.4 is 11.4 Å². The Morgan fingerprint density at radius 2 is 2.30 bits per heavy atom. The number of nitrogen functional groups attached to an aromatic ring is 1. The molecule has 4 atom stereocenters. The second-order valence-corrected chi connectivity index (χ2v) is 5.47. The van der Waals surface area contributed by atoms with Crippen molar-refractivity contribution in [3.05, 3.63) is 28.3 Å². The number of aliphatic hydroxyl groups is 1. The van der Waals surface area contributed by atoms with E-state index >= 15 is 0 Å². The van der Waals surface area contributed by atoms with Gasteiger partial charge in [0.05, 0.1) is 6.61 Å². The molecule has 0 spiro atoms. The van der Waals surface area contributed by atoms with E-state index in [4.69, 9.17) is 15.6 Å². The highest BCUT2D eigenvalue weighted by atomic mass is 19.2. The fraction of sp³-hybridized carbons (Fsp3) is 0.500. The van der Waals surface area contributed by atoms with Crippen molar-refractivity contribution in [2.24, 2.45) is 0 Å². The van der Waals surface area contributed by atoms with Crippen LogP contribution in [0.5, 0.6) is 0 Å². The molecule has 3 N–H and O–H groups in total. The molecule has 126 valence electrons. The van der Waals surface area contributed by atoms with Crippen molar-refractivity contribution >= 4 is 17.7 Å². The van der Waals surface area contributed by atoms with E-state index < -0.39 is 36.5 Å². The number of halogens is 2. The number of rotatable bonds is 4. The summed E-state index contributed by atoms with van der Waals surface area (Å²) in [5.41, 5.74) is 2.38. The van der Waals surface area contributed by atoms with E-state index in [0.717, 1.165) is 17.7 Å². The second kappa shape index (κ2) is 6.17. The number of carbonyl (C=O) groups is 1. The molecular formula is C14H17F2N3O4. The largest absolute Gasteiger partial charge is 0.394 e. The van der Waals surface area contributed by atoms with E-state index in [-0.39, 0.29) is 17.2 Å². The number of anilines is 1. The predicted molar refractivity (Wildman–Crippen MR) is 78.0 cm³/mol. The fourth-order valence-corrected chi connectivity index (χ4v) is 2.27. The number of carbonyl (C=O) groups excluding carboxylic acids is 1. The molecule has 1 aromatic heterocycles. The van der Waals surface area contributed by atoms with E-state index in [9.17, 15) is 18.4 Å². The summed E-state index contributed by atoms with van der Waals surface area (Å²) in [6, 6.07) is 0. The van der Waals surface area contributed by atoms with E-state index in [1.165, 1.54) is 19.1 Å². The molecule has 7 nitrogen and oxygen atoms in total. The van der Waals surface area contributed by atoms with Crippen LogP contribution in [0.2, 0.25) is 0 Å². The lowest BCUT2D eigenvalue weighted by Gasteiger charge is -2.20. The van der Waals surface area contributed by atoms with Crippen molar-refractivity contribution in [1.29, 1.82) is 0 Å². The zero-order chi connectivity index (χ0) is 17.4. The summed E-state index contributed by atoms with van der Waals surface area (Å²) in [5, 5.41) is 9.09. The van der Waals surface area contributed by atoms with Crippen LogP contribution in [0.1, 0.15) is 25.6 Å². The molecule has 0 aromatic carbocycles. The van der Waals surface area contributed by atoms with Crippen LogP contribution in [-0.2, 0) is 9.53 Å². The highest BCUT2D eigenvalue weighted by Crippen LogP contribution is 2.41. The van der Waals surface area contributed by atoms with Crippen molar-refractivity contribution in [1.82, 2.24) is 9.55 Å². The summed E-state index contributed by atoms with van der Waals surface area (Å²) in [6.07, 6.45) is -1.55. The molecule has 0 bridgehead atoms. The molecule has 1 aliphatic rings. The Labute approximate surface area is 130 Å². The first-order chi connectivity index (χ1) is 10.7. The lowest BCUT2D eigenvalue weighted by atomic mass is 9.98. The fourth-order valence-electron chi connectivity index (χ4n) is 2.27. The molecule has 0 saturated carbocycles. The van der Waals surface area contributed by atoms with Crippen molar-refractivity contribution in [3.63, 3.8) is 0 Å². The molecule has 1 aromatic rings. The molecule has 0 aliphatic carbocycles. The Morgan fingerprint density at radius 1 is 1.65 bits per heavy atom. The standard InChI is InChI=1S/C14H17F2N3O4/c1-7(21)3-4-8-5-19(13(22)18-11(8)17)12-10(15)14(2,16)9(6-20)23-12/h3-5,9-10,12,20H,6H2,1-2H3,(H2,17,18,22)/b4-3+. The van der Waals surface area contributed by atoms with Gasteiger partial charge in [0.15, 0.2) is 23.9 Å². The second-order valence-electron chi connectivity index (χ2n) is 5.47. The molecular weight excluding hydrogens is 312 g/mol. The minimum atomic E-state index is -2.46. The van der Waals surface area contributed by atoms with E-state index in [2.05, 4.69) is 4.98 Å². The van der Waals surface area contributed by atoms with E-state index in [1.807, 2.05) is 0 Å². The molecule has 0 radical (unpaired) electrons. The Balaban J connectivity index is 2.46. The molecule has 1 aliphatic heterocycles. The molecule has 1 saturated heterocycles. The molecule has 0 amide bonds. The van der Waals surface area contributed by atoms with Gasteiger partial charge in [-0.05, 0) is 26.0 Å². The average Bonchev–Trinajstić information content (AvgIpc) is 2.69. The Hall–Kier alpha value is -2.13. The normalized spacial score (nSPS) is 30.9. The number of hydrogen-bond donors (Lipinski definition) is 2. The zero-order valence-corrected chi connectivity index (χ0v) is 12.6. The lowest BCUT2D eigenvalue weighted by molar-refractivity contribution is -0.112. The number of hydrogen-bond acceptors (Lipinski definition) is 6. The van der Waals surface area contributed by atoms with Crippen molar-refractivity contribution in [2.45, 2.75) is 38.0 Å². The minimum absolute atomic E-state index is 0.154. The van der Waals surface area contributed by atoms with Gasteiger partial charge >= 0.3 is 5.69 Å². The number of ether oxygens (including phenoxy) is 1. The molecule has 9 heteroatoms. The van der Waals surface area contributed by atoms with Crippen LogP contribution >= 0.6 is 0 Å². The number of alkyl halides is 2. The topological polar surface area (TPSA) is 107 Å². The maximum absolute atomic E-state index is 14.3. The zero-order valence-electron chi connectivity index (χ0n) is 12.6. The van der Waals surface area contributed by atoms with Gasteiger partial charge in [0.25, 0.3) is 0 Å². The Kier molecular flexibility index (Phi) is 4.62. The SMILES string of the molecule is CC(=O)/C=C/c1cn(C2OC(CO)C(C)(F)C2F)c(=O)nc1N. The van der Waals surface area contributed by atoms with Gasteiger partial charge in [0, 0.05) is 11.8 Å². The van der Waals surface area contributed by atoms with Gasteiger partial charge < -0.3 is 15.6 Å². The van der Waals surface area contributed by atoms with Crippen LogP contribution in [0.25, 0.3) is 6.08 Å². The maximum Gasteiger partial charge on any atom is 0.351 e. The lowest BCUT2D eigenvalue weighted by Crippen LogP contribution is -2.40. The molecule has 1 fully saturated rings. The smallest absolute Gasteiger partial charge is 0.351 e. The highest BCUT2D eigenvalue weighted by Gasteiger charge is 2.56. The van der Waals surface area contributed by atoms with E-state index in [1.54, 1.807) is 0 Å². The van der Waals surface area contributed by atoms with Gasteiger partial charge in [-0.1, -0.05) is 0 Å². The number of nitrogens with two attached hydrogens (primary N) is 1. The molecule has 2 heterocycles. The van der Waals surface area contributed by atoms with Gasteiger partial charge in [-0.3, -0.25) is 9.36 Å². The predicted octanol–water partition coefficient (Wildman–Crippen LogP) is 0.384. The number of nitrogens with zero attached hydrogens (tertiary/aromatic N) is 2. The quantitative estimate of drug-likeness (QED) is 0.774. The van der Waals surface area contributed by atoms with Crippen LogP contribution in [0.15, 0.2) is 17.1 Å².